The van der Waals surface area contributed by atoms with Gasteiger partial charge in [0.1, 0.15) is 23.0 Å². The number of carbonyl (C=O) groups excluding carboxylic acids is 1. The van der Waals surface area contributed by atoms with Gasteiger partial charge in [0.2, 0.25) is 5.88 Å². The van der Waals surface area contributed by atoms with Crippen molar-refractivity contribution in [3.63, 3.8) is 0 Å². The number of likely N-dealkylation sites (tertiary alicyclic amines) is 2. The molecule has 4 heterocycles. The fourth-order valence-electron chi connectivity index (χ4n) is 6.15. The first-order chi connectivity index (χ1) is 19.7. The van der Waals surface area contributed by atoms with Gasteiger partial charge in [0, 0.05) is 54.6 Å². The molecule has 1 aromatic carbocycles. The first-order valence-corrected chi connectivity index (χ1v) is 14.0. The summed E-state index contributed by atoms with van der Waals surface area (Å²) >= 11 is 0. The number of carbonyl (C=O) groups is 1. The summed E-state index contributed by atoms with van der Waals surface area (Å²) in [6.45, 7) is 2.25. The minimum absolute atomic E-state index is 0.0360. The summed E-state index contributed by atoms with van der Waals surface area (Å²) in [5, 5.41) is 19.5. The van der Waals surface area contributed by atoms with Gasteiger partial charge < -0.3 is 24.4 Å². The van der Waals surface area contributed by atoms with E-state index in [9.17, 15) is 28.2 Å². The highest BCUT2D eigenvalue weighted by Gasteiger charge is 2.38. The van der Waals surface area contributed by atoms with Gasteiger partial charge in [-0.25, -0.2) is 9.97 Å². The first kappa shape index (κ1) is 27.5. The zero-order chi connectivity index (χ0) is 28.7. The van der Waals surface area contributed by atoms with Gasteiger partial charge in [0.15, 0.2) is 0 Å². The molecule has 6 rings (SSSR count). The molecule has 1 aliphatic carbocycles. The van der Waals surface area contributed by atoms with Crippen LogP contribution in [0, 0.1) is 0 Å². The number of imidazole rings is 1. The number of benzene rings is 1. The minimum atomic E-state index is -4.80. The van der Waals surface area contributed by atoms with Gasteiger partial charge in [-0.05, 0) is 75.4 Å². The van der Waals surface area contributed by atoms with Crippen molar-refractivity contribution < 1.29 is 32.9 Å². The number of ether oxygens (including phenoxy) is 1. The summed E-state index contributed by atoms with van der Waals surface area (Å²) in [6.07, 6.45) is 2.05. The van der Waals surface area contributed by atoms with E-state index in [1.54, 1.807) is 6.07 Å². The monoisotopic (exact) mass is 571 g/mol. The topological polar surface area (TPSA) is 104 Å². The number of aliphatic hydroxyl groups is 1. The van der Waals surface area contributed by atoms with Gasteiger partial charge in [0.05, 0.1) is 6.61 Å². The third kappa shape index (κ3) is 5.76. The molecule has 41 heavy (non-hydrogen) atoms. The molecule has 0 radical (unpaired) electrons. The molecule has 2 saturated heterocycles. The largest absolute Gasteiger partial charge is 0.573 e. The van der Waals surface area contributed by atoms with Crippen LogP contribution >= 0.6 is 0 Å². The van der Waals surface area contributed by atoms with Crippen LogP contribution in [0.15, 0.2) is 42.6 Å². The van der Waals surface area contributed by atoms with Gasteiger partial charge in [-0.2, -0.15) is 0 Å². The summed E-state index contributed by atoms with van der Waals surface area (Å²) in [6, 6.07) is 9.11. The molecular weight excluding hydrogens is 539 g/mol. The summed E-state index contributed by atoms with van der Waals surface area (Å²) in [5.41, 5.74) is 1.95. The van der Waals surface area contributed by atoms with E-state index >= 15 is 0 Å². The second-order valence-electron chi connectivity index (χ2n) is 11.0. The van der Waals surface area contributed by atoms with Crippen molar-refractivity contribution in [2.24, 2.45) is 0 Å². The van der Waals surface area contributed by atoms with Crippen LogP contribution in [0.25, 0.3) is 22.6 Å². The predicted octanol–water partition coefficient (Wildman–Crippen LogP) is 4.61. The van der Waals surface area contributed by atoms with E-state index in [2.05, 4.69) is 14.6 Å². The molecule has 1 atom stereocenters. The molecule has 2 aromatic heterocycles. The number of aliphatic hydroxyl groups excluding tert-OH is 1. The first-order valence-electron chi connectivity index (χ1n) is 14.0. The standard InChI is InChI=1S/C29H32F3N5O4/c30-29(31,32)41-23-8-3-18(4-9-23)27-34-25(19-5-10-24(39)33-16-19)26(37(27)21-6-7-21)28(40)35-14-11-20(12-15-35)36-13-1-2-22(36)17-38/h3-5,8-10,16,20-22,38H,1-2,6-7,11-15,17H2,(H,33,39)/t22-/m0/s1. The van der Waals surface area contributed by atoms with E-state index in [0.717, 1.165) is 45.1 Å². The lowest BCUT2D eigenvalue weighted by Gasteiger charge is -2.39. The third-order valence-corrected chi connectivity index (χ3v) is 8.25. The number of amides is 1. The molecule has 1 saturated carbocycles. The van der Waals surface area contributed by atoms with E-state index < -0.39 is 6.36 Å². The molecule has 1 amide bonds. The van der Waals surface area contributed by atoms with Crippen molar-refractivity contribution in [3.8, 4) is 34.3 Å². The van der Waals surface area contributed by atoms with Crippen LogP contribution in [-0.2, 0) is 0 Å². The number of hydrogen-bond acceptors (Lipinski definition) is 7. The van der Waals surface area contributed by atoms with Crippen LogP contribution in [-0.4, -0.2) is 85.1 Å². The zero-order valence-corrected chi connectivity index (χ0v) is 22.4. The van der Waals surface area contributed by atoms with E-state index in [-0.39, 0.29) is 36.2 Å². The van der Waals surface area contributed by atoms with Gasteiger partial charge in [-0.1, -0.05) is 0 Å². The molecule has 218 valence electrons. The number of hydrogen-bond donors (Lipinski definition) is 2. The Balaban J connectivity index is 1.34. The molecule has 3 aliphatic rings. The number of piperidine rings is 1. The van der Waals surface area contributed by atoms with Crippen LogP contribution < -0.4 is 4.74 Å². The minimum Gasteiger partial charge on any atom is -0.493 e. The van der Waals surface area contributed by atoms with Gasteiger partial charge >= 0.3 is 6.36 Å². The number of alkyl halides is 3. The second kappa shape index (κ2) is 11.0. The lowest BCUT2D eigenvalue weighted by Crippen LogP contribution is -2.49. The Bertz CT molecular complexity index is 1380. The lowest BCUT2D eigenvalue weighted by atomic mass is 10.0. The van der Waals surface area contributed by atoms with Crippen LogP contribution in [0.5, 0.6) is 11.6 Å². The van der Waals surface area contributed by atoms with Crippen molar-refractivity contribution in [3.05, 3.63) is 48.3 Å². The van der Waals surface area contributed by atoms with Crippen molar-refractivity contribution >= 4 is 5.91 Å². The lowest BCUT2D eigenvalue weighted by molar-refractivity contribution is -0.274. The molecular formula is C29H32F3N5O4. The van der Waals surface area contributed by atoms with Crippen LogP contribution in [0.1, 0.15) is 55.1 Å². The number of nitrogens with zero attached hydrogens (tertiary/aromatic N) is 5. The average Bonchev–Trinajstić information content (AvgIpc) is 3.55. The van der Waals surface area contributed by atoms with E-state index in [1.165, 1.54) is 36.5 Å². The predicted molar refractivity (Wildman–Crippen MR) is 143 cm³/mol. The van der Waals surface area contributed by atoms with Crippen LogP contribution in [0.3, 0.4) is 0 Å². The van der Waals surface area contributed by atoms with Crippen molar-refractivity contribution in [1.29, 1.82) is 0 Å². The Labute approximate surface area is 235 Å². The van der Waals surface area contributed by atoms with Gasteiger partial charge in [0.25, 0.3) is 5.91 Å². The molecule has 0 spiro atoms. The van der Waals surface area contributed by atoms with Gasteiger partial charge in [-0.15, -0.1) is 13.2 Å². The molecule has 9 nitrogen and oxygen atoms in total. The molecule has 0 bridgehead atoms. The number of aromatic nitrogens is 3. The summed E-state index contributed by atoms with van der Waals surface area (Å²) < 4.78 is 44.1. The third-order valence-electron chi connectivity index (χ3n) is 8.25. The Morgan fingerprint density at radius 2 is 1.66 bits per heavy atom. The average molecular weight is 572 g/mol. The van der Waals surface area contributed by atoms with Crippen molar-refractivity contribution in [2.45, 2.75) is 63.0 Å². The van der Waals surface area contributed by atoms with E-state index in [0.29, 0.717) is 47.5 Å². The number of aromatic hydroxyl groups is 1. The molecule has 3 fully saturated rings. The Morgan fingerprint density at radius 1 is 0.951 bits per heavy atom. The number of halogens is 3. The molecule has 2 aliphatic heterocycles. The summed E-state index contributed by atoms with van der Waals surface area (Å²) in [5.74, 6) is -0.173. The quantitative estimate of drug-likeness (QED) is 0.427. The van der Waals surface area contributed by atoms with Crippen molar-refractivity contribution in [2.75, 3.05) is 26.2 Å². The van der Waals surface area contributed by atoms with E-state index in [1.807, 2.05) is 9.47 Å². The second-order valence-corrected chi connectivity index (χ2v) is 11.0. The summed E-state index contributed by atoms with van der Waals surface area (Å²) in [4.78, 5) is 27.3. The van der Waals surface area contributed by atoms with E-state index in [4.69, 9.17) is 4.98 Å². The zero-order valence-electron chi connectivity index (χ0n) is 22.4. The Hall–Kier alpha value is -3.64. The highest BCUT2D eigenvalue weighted by atomic mass is 19.4. The highest BCUT2D eigenvalue weighted by Crippen LogP contribution is 2.43. The van der Waals surface area contributed by atoms with Crippen LogP contribution in [0.2, 0.25) is 0 Å². The molecule has 3 aromatic rings. The number of rotatable bonds is 7. The van der Waals surface area contributed by atoms with Gasteiger partial charge in [-0.3, -0.25) is 9.69 Å². The number of pyridine rings is 1. The molecule has 12 heteroatoms. The summed E-state index contributed by atoms with van der Waals surface area (Å²) in [7, 11) is 0. The Kier molecular flexibility index (Phi) is 7.37. The van der Waals surface area contributed by atoms with Crippen LogP contribution in [0.4, 0.5) is 13.2 Å². The Morgan fingerprint density at radius 3 is 2.27 bits per heavy atom. The smallest absolute Gasteiger partial charge is 0.493 e. The molecule has 2 N–H and O–H groups in total. The highest BCUT2D eigenvalue weighted by molar-refractivity contribution is 5.99. The maximum absolute atomic E-state index is 14.2. The maximum Gasteiger partial charge on any atom is 0.573 e. The van der Waals surface area contributed by atoms with Crippen molar-refractivity contribution in [1.82, 2.24) is 24.3 Å². The maximum atomic E-state index is 14.2. The normalized spacial score (nSPS) is 20.5. The fraction of sp³-hybridized carbons (Fsp3) is 0.483. The molecule has 0 unspecified atom stereocenters. The fourth-order valence-corrected chi connectivity index (χ4v) is 6.15. The SMILES string of the molecule is O=C(c1c(-c2ccc(O)nc2)nc(-c2ccc(OC(F)(F)F)cc2)n1C1CC1)N1CCC(N2CCC[C@H]2CO)CC1.